The predicted molar refractivity (Wildman–Crippen MR) is 7.84 cm³/mol. The van der Waals surface area contributed by atoms with Crippen LogP contribution in [-0.2, 0) is 36.8 Å². The van der Waals surface area contributed by atoms with Crippen molar-refractivity contribution in [3.63, 3.8) is 0 Å². The minimum absolute atomic E-state index is 0. The van der Waals surface area contributed by atoms with Crippen molar-refractivity contribution in [2.45, 2.75) is 0 Å². The molecule has 0 aliphatic rings. The fraction of sp³-hybridized carbons (Fsp3) is 0. The molecule has 0 unspecified atom stereocenters. The van der Waals surface area contributed by atoms with Gasteiger partial charge in [-0.3, -0.25) is 0 Å². The van der Waals surface area contributed by atoms with E-state index in [1.54, 1.807) is 0 Å². The molecule has 0 heterocycles. The summed E-state index contributed by atoms with van der Waals surface area (Å²) < 4.78 is 8.00. The zero-order valence-corrected chi connectivity index (χ0v) is 3.42. The van der Waals surface area contributed by atoms with Crippen LogP contribution in [0.15, 0.2) is 0 Å². The van der Waals surface area contributed by atoms with Gasteiger partial charge in [0.05, 0.1) is 0 Å². The molecule has 0 N–H and O–H groups in total. The van der Waals surface area contributed by atoms with Crippen LogP contribution >= 0.6 is 0 Å². The molecule has 0 fully saturated rings. The van der Waals surface area contributed by atoms with Crippen LogP contribution in [0.5, 0.6) is 0 Å². The second kappa shape index (κ2) is 25.4. The average molecular weight is 135 g/mol. The van der Waals surface area contributed by atoms with Gasteiger partial charge in [0.25, 0.3) is 0 Å². The Labute approximate surface area is 55.6 Å². The van der Waals surface area contributed by atoms with Gasteiger partial charge in [0, 0.05) is 17.1 Å². The predicted octanol–water partition coefficient (Wildman–Crippen LogP) is -0.772. The Morgan fingerprint density at radius 2 is 1.25 bits per heavy atom. The van der Waals surface area contributed by atoms with Crippen LogP contribution in [0.3, 0.4) is 0 Å². The van der Waals surface area contributed by atoms with E-state index in [4.69, 9.17) is 3.83 Å². The van der Waals surface area contributed by atoms with Crippen LogP contribution in [0.1, 0.15) is 0 Å². The molecule has 0 saturated heterocycles. The first kappa shape index (κ1) is 18.0. The molecule has 0 aromatic rings. The van der Waals surface area contributed by atoms with Gasteiger partial charge in [0.15, 0.2) is 0 Å². The summed E-state index contributed by atoms with van der Waals surface area (Å²) in [7, 11) is 0. The zero-order chi connectivity index (χ0) is 2.00. The molecule has 0 spiro atoms. The van der Waals surface area contributed by atoms with Gasteiger partial charge in [0.2, 0.25) is 0 Å². The van der Waals surface area contributed by atoms with E-state index < -0.39 is 0 Å². The molecule has 1 radical (unpaired) electrons. The van der Waals surface area contributed by atoms with E-state index in [9.17, 15) is 0 Å². The van der Waals surface area contributed by atoms with Gasteiger partial charge in [-0.1, -0.05) is 0 Å². The van der Waals surface area contributed by atoms with E-state index in [0.717, 1.165) is 0 Å². The Hall–Kier alpha value is 1.44. The van der Waals surface area contributed by atoms with Gasteiger partial charge in [-0.05, 0) is 0 Å². The second-order valence-electron chi connectivity index (χ2n) is 0. The molecule has 0 saturated carbocycles. The van der Waals surface area contributed by atoms with Crippen LogP contribution < -0.4 is 0 Å². The Kier molecular flexibility index (Phi) is 114. The van der Waals surface area contributed by atoms with E-state index >= 15 is 0 Å². The number of rotatable bonds is 0. The van der Waals surface area contributed by atoms with Crippen LogP contribution in [0.4, 0.5) is 0 Å². The van der Waals surface area contributed by atoms with E-state index in [-0.39, 0.29) is 35.9 Å². The van der Waals surface area contributed by atoms with Gasteiger partial charge >= 0.3 is 38.6 Å². The summed E-state index contributed by atoms with van der Waals surface area (Å²) >= 11 is 2.00. The molecule has 0 aliphatic heterocycles. The fourth-order valence-electron chi connectivity index (χ4n) is 0. The van der Waals surface area contributed by atoms with Gasteiger partial charge in [-0.25, -0.2) is 0 Å². The Bertz CT molecular complexity index is 8.00. The summed E-state index contributed by atoms with van der Waals surface area (Å²) in [5.41, 5.74) is 0. The van der Waals surface area contributed by atoms with Crippen molar-refractivity contribution in [1.82, 2.24) is 0 Å². The van der Waals surface area contributed by atoms with E-state index in [1.165, 1.54) is 0 Å². The molecule has 0 atom stereocenters. The third kappa shape index (κ3) is 9.89. The molecule has 23 valence electrons. The molecule has 4 heteroatoms. The van der Waals surface area contributed by atoms with Crippen molar-refractivity contribution in [3.8, 4) is 0 Å². The molecule has 0 bridgehead atoms. The third-order valence-electron chi connectivity index (χ3n) is 0. The number of hydrogen-bond donors (Lipinski definition) is 0. The summed E-state index contributed by atoms with van der Waals surface area (Å²) in [5, 5.41) is 0. The summed E-state index contributed by atoms with van der Waals surface area (Å²) in [4.78, 5) is 0. The SMILES string of the molecule is [LiH].[Mn].[O]=[Fe]. The Morgan fingerprint density at radius 1 is 1.25 bits per heavy atom. The van der Waals surface area contributed by atoms with Gasteiger partial charge < -0.3 is 0 Å². The quantitative estimate of drug-likeness (QED) is 0.398. The Morgan fingerprint density at radius 3 is 1.25 bits per heavy atom. The van der Waals surface area contributed by atoms with Crippen LogP contribution in [0.2, 0.25) is 0 Å². The Balaban J connectivity index is -0.00000000500. The molecule has 1 nitrogen and oxygen atoms in total. The van der Waals surface area contributed by atoms with Crippen molar-refractivity contribution >= 4 is 18.9 Å². The number of hydrogen-bond acceptors (Lipinski definition) is 1. The van der Waals surface area contributed by atoms with Crippen LogP contribution in [-0.4, -0.2) is 18.9 Å². The monoisotopic (exact) mass is 135 g/mol. The fourth-order valence-corrected chi connectivity index (χ4v) is 0. The topological polar surface area (TPSA) is 17.1 Å². The average Bonchev–Trinajstić information content (AvgIpc) is 1.00. The molecule has 0 aliphatic carbocycles. The first-order valence-electron chi connectivity index (χ1n) is 0.144. The van der Waals surface area contributed by atoms with Crippen molar-refractivity contribution in [2.75, 3.05) is 0 Å². The molecule has 0 aromatic carbocycles. The summed E-state index contributed by atoms with van der Waals surface area (Å²) in [5.74, 6) is 0. The zero-order valence-electron chi connectivity index (χ0n) is 1.14. The first-order chi connectivity index (χ1) is 1.00. The molecular formula is HFeLiMnO. The van der Waals surface area contributed by atoms with E-state index in [0.29, 0.717) is 0 Å². The molecule has 4 heavy (non-hydrogen) atoms. The van der Waals surface area contributed by atoms with Gasteiger partial charge in [0.1, 0.15) is 0 Å². The normalized spacial score (nSPS) is 1.25. The maximum absolute atomic E-state index is 8.00. The second-order valence-corrected chi connectivity index (χ2v) is 0. The summed E-state index contributed by atoms with van der Waals surface area (Å²) in [6.45, 7) is 0. The van der Waals surface area contributed by atoms with E-state index in [1.807, 2.05) is 15.9 Å². The third-order valence-corrected chi connectivity index (χ3v) is 0. The molecule has 0 aromatic heterocycles. The van der Waals surface area contributed by atoms with E-state index in [2.05, 4.69) is 0 Å². The first-order valence-corrected chi connectivity index (χ1v) is 0.595. The van der Waals surface area contributed by atoms with Gasteiger partial charge in [-0.15, -0.1) is 0 Å². The van der Waals surface area contributed by atoms with Crippen LogP contribution in [0.25, 0.3) is 0 Å². The molecular weight excluding hydrogens is 134 g/mol. The van der Waals surface area contributed by atoms with Crippen molar-refractivity contribution in [2.24, 2.45) is 0 Å². The molecule has 0 rings (SSSR count). The standard InChI is InChI=1S/Fe.Li.Mn.O.H. The van der Waals surface area contributed by atoms with Crippen molar-refractivity contribution < 1.29 is 36.8 Å². The minimum atomic E-state index is 0. The maximum atomic E-state index is 8.00. The summed E-state index contributed by atoms with van der Waals surface area (Å²) in [6.07, 6.45) is 0. The van der Waals surface area contributed by atoms with Crippen molar-refractivity contribution in [1.29, 1.82) is 0 Å². The molecule has 0 amide bonds. The van der Waals surface area contributed by atoms with Crippen molar-refractivity contribution in [3.05, 3.63) is 0 Å². The summed E-state index contributed by atoms with van der Waals surface area (Å²) in [6, 6.07) is 0. The van der Waals surface area contributed by atoms with Gasteiger partial charge in [-0.2, -0.15) is 0 Å². The van der Waals surface area contributed by atoms with Crippen LogP contribution in [0, 0.1) is 0 Å².